The Morgan fingerprint density at radius 3 is 2.63 bits per heavy atom. The molecule has 0 spiro atoms. The second kappa shape index (κ2) is 10.9. The number of nitrogens with zero attached hydrogens (tertiary/aromatic N) is 1. The highest BCUT2D eigenvalue weighted by molar-refractivity contribution is 5.29. The van der Waals surface area contributed by atoms with Gasteiger partial charge >= 0.3 is 0 Å². The van der Waals surface area contributed by atoms with Gasteiger partial charge in [0.05, 0.1) is 7.11 Å². The second-order valence-corrected chi connectivity index (χ2v) is 9.43. The lowest BCUT2D eigenvalue weighted by molar-refractivity contribution is 0.194. The predicted octanol–water partition coefficient (Wildman–Crippen LogP) is 6.15. The maximum atomic E-state index is 5.87. The van der Waals surface area contributed by atoms with E-state index in [0.29, 0.717) is 6.04 Å². The molecule has 30 heavy (non-hydrogen) atoms. The molecule has 1 aromatic rings. The normalized spacial score (nSPS) is 29.1. The first-order valence-corrected chi connectivity index (χ1v) is 11.6. The summed E-state index contributed by atoms with van der Waals surface area (Å²) < 4.78 is 5.87. The number of nitrogens with one attached hydrogen (secondary N) is 1. The fraction of sp³-hybridized carbons (Fsp3) is 0.556. The lowest BCUT2D eigenvalue weighted by Crippen LogP contribution is -2.31. The number of benzene rings is 1. The molecule has 0 radical (unpaired) electrons. The molecule has 0 bridgehead atoms. The Labute approximate surface area is 183 Å². The number of allylic oxidation sites excluding steroid dienone is 2. The number of likely N-dealkylation sites (tertiary alicyclic amines) is 1. The summed E-state index contributed by atoms with van der Waals surface area (Å²) in [5, 5.41) is 3.37. The molecule has 0 amide bonds. The van der Waals surface area contributed by atoms with Crippen LogP contribution in [0.3, 0.4) is 0 Å². The molecule has 0 aliphatic carbocycles. The molecular weight excluding hydrogens is 368 g/mol. The molecule has 2 aliphatic heterocycles. The minimum absolute atomic E-state index is 0.464. The van der Waals surface area contributed by atoms with Crippen LogP contribution < -0.4 is 5.32 Å². The Balaban J connectivity index is 1.94. The molecule has 1 unspecified atom stereocenters. The third-order valence-electron chi connectivity index (χ3n) is 6.71. The largest absolute Gasteiger partial charge is 0.497 e. The van der Waals surface area contributed by atoms with E-state index in [4.69, 9.17) is 4.74 Å². The summed E-state index contributed by atoms with van der Waals surface area (Å²) in [6.07, 6.45) is 11.3. The molecule has 3 heteroatoms. The number of ether oxygens (including phenoxy) is 1. The van der Waals surface area contributed by atoms with E-state index in [-0.39, 0.29) is 0 Å². The van der Waals surface area contributed by atoms with Crippen molar-refractivity contribution in [1.29, 1.82) is 0 Å². The van der Waals surface area contributed by atoms with Crippen LogP contribution in [0.5, 0.6) is 0 Å². The van der Waals surface area contributed by atoms with Crippen molar-refractivity contribution >= 4 is 0 Å². The third-order valence-corrected chi connectivity index (χ3v) is 6.71. The van der Waals surface area contributed by atoms with Crippen LogP contribution in [0.15, 0.2) is 59.5 Å². The molecule has 2 atom stereocenters. The number of methoxy groups -OCH3 is 1. The standard InChI is InChI=1S/C27H40N2O/c1-20(2)24-9-7-15-29(26(17-24)23-12-10-21(3)11-13-23)19-25-8-6-14-28-18-22(4)16-27(25)30-5/h6,10-14,16,20,24,26,28H,7-9,15,17-19H2,1-5H3/b14-6-,22-16-,27-25-/t24?,26-/m0/s1. The zero-order chi connectivity index (χ0) is 21.5. The van der Waals surface area contributed by atoms with Crippen molar-refractivity contribution in [2.45, 2.75) is 59.4 Å². The van der Waals surface area contributed by atoms with Crippen LogP contribution in [-0.4, -0.2) is 31.6 Å². The van der Waals surface area contributed by atoms with Crippen molar-refractivity contribution in [2.75, 3.05) is 26.7 Å². The fourth-order valence-electron chi connectivity index (χ4n) is 4.77. The van der Waals surface area contributed by atoms with Gasteiger partial charge in [-0.15, -0.1) is 0 Å². The van der Waals surface area contributed by atoms with Crippen molar-refractivity contribution in [3.8, 4) is 0 Å². The summed E-state index contributed by atoms with van der Waals surface area (Å²) in [5.41, 5.74) is 5.46. The molecule has 1 saturated heterocycles. The minimum Gasteiger partial charge on any atom is -0.497 e. The van der Waals surface area contributed by atoms with E-state index in [0.717, 1.165) is 43.7 Å². The summed E-state index contributed by atoms with van der Waals surface area (Å²) in [7, 11) is 1.81. The van der Waals surface area contributed by atoms with E-state index in [9.17, 15) is 0 Å². The monoisotopic (exact) mass is 408 g/mol. The van der Waals surface area contributed by atoms with Crippen LogP contribution in [0, 0.1) is 18.8 Å². The maximum Gasteiger partial charge on any atom is 0.119 e. The van der Waals surface area contributed by atoms with E-state index >= 15 is 0 Å². The summed E-state index contributed by atoms with van der Waals surface area (Å²) in [6.45, 7) is 12.1. The van der Waals surface area contributed by atoms with Crippen molar-refractivity contribution in [3.05, 3.63) is 70.6 Å². The quantitative estimate of drug-likeness (QED) is 0.632. The highest BCUT2D eigenvalue weighted by Crippen LogP contribution is 2.37. The third kappa shape index (κ3) is 6.01. The van der Waals surface area contributed by atoms with Crippen LogP contribution in [0.1, 0.15) is 63.6 Å². The summed E-state index contributed by atoms with van der Waals surface area (Å²) in [6, 6.07) is 9.69. The van der Waals surface area contributed by atoms with Gasteiger partial charge in [-0.1, -0.05) is 55.3 Å². The van der Waals surface area contributed by atoms with Gasteiger partial charge in [0, 0.05) is 19.1 Å². The highest BCUT2D eigenvalue weighted by Gasteiger charge is 2.29. The van der Waals surface area contributed by atoms with Crippen LogP contribution in [0.25, 0.3) is 0 Å². The lowest BCUT2D eigenvalue weighted by Gasteiger charge is -2.33. The van der Waals surface area contributed by atoms with Crippen molar-refractivity contribution < 1.29 is 4.74 Å². The Bertz CT molecular complexity index is 773. The van der Waals surface area contributed by atoms with Gasteiger partial charge in [-0.05, 0) is 81.3 Å². The first-order valence-electron chi connectivity index (χ1n) is 11.6. The topological polar surface area (TPSA) is 24.5 Å². The number of rotatable bonds is 5. The first kappa shape index (κ1) is 22.7. The van der Waals surface area contributed by atoms with Crippen molar-refractivity contribution in [2.24, 2.45) is 11.8 Å². The molecule has 1 N–H and O–H groups in total. The van der Waals surface area contributed by atoms with Gasteiger partial charge in [0.15, 0.2) is 0 Å². The molecular formula is C27H40N2O. The zero-order valence-corrected chi connectivity index (χ0v) is 19.6. The van der Waals surface area contributed by atoms with Crippen molar-refractivity contribution in [1.82, 2.24) is 10.2 Å². The molecule has 3 rings (SSSR count). The van der Waals surface area contributed by atoms with Gasteiger partial charge in [0.2, 0.25) is 0 Å². The summed E-state index contributed by atoms with van der Waals surface area (Å²) in [5.74, 6) is 2.55. The maximum absolute atomic E-state index is 5.87. The van der Waals surface area contributed by atoms with E-state index < -0.39 is 0 Å². The number of hydrogen-bond donors (Lipinski definition) is 1. The molecule has 2 aliphatic rings. The fourth-order valence-corrected chi connectivity index (χ4v) is 4.77. The second-order valence-electron chi connectivity index (χ2n) is 9.43. The molecule has 3 nitrogen and oxygen atoms in total. The predicted molar refractivity (Wildman–Crippen MR) is 127 cm³/mol. The van der Waals surface area contributed by atoms with E-state index in [1.54, 1.807) is 0 Å². The van der Waals surface area contributed by atoms with Crippen LogP contribution in [-0.2, 0) is 4.74 Å². The SMILES string of the molecule is COC1=C(\CN2CCCC(C(C)C)C[C@H]2c2ccc(C)cc2)C/C=C\NC/C(C)=C\1. The van der Waals surface area contributed by atoms with Gasteiger partial charge in [-0.25, -0.2) is 0 Å². The number of aryl methyl sites for hydroxylation is 1. The van der Waals surface area contributed by atoms with Crippen LogP contribution in [0.2, 0.25) is 0 Å². The highest BCUT2D eigenvalue weighted by atomic mass is 16.5. The van der Waals surface area contributed by atoms with Gasteiger partial charge in [0.25, 0.3) is 0 Å². The smallest absolute Gasteiger partial charge is 0.119 e. The Morgan fingerprint density at radius 2 is 1.93 bits per heavy atom. The van der Waals surface area contributed by atoms with Crippen LogP contribution in [0.4, 0.5) is 0 Å². The van der Waals surface area contributed by atoms with E-state index in [2.05, 4.69) is 80.5 Å². The Morgan fingerprint density at radius 1 is 1.17 bits per heavy atom. The van der Waals surface area contributed by atoms with Gasteiger partial charge in [-0.2, -0.15) is 0 Å². The van der Waals surface area contributed by atoms with Gasteiger partial charge < -0.3 is 10.1 Å². The van der Waals surface area contributed by atoms with Crippen molar-refractivity contribution in [3.63, 3.8) is 0 Å². The Hall–Kier alpha value is -2.00. The molecule has 164 valence electrons. The summed E-state index contributed by atoms with van der Waals surface area (Å²) in [4.78, 5) is 2.71. The first-order chi connectivity index (χ1) is 14.5. The van der Waals surface area contributed by atoms with E-state index in [1.165, 1.54) is 41.5 Å². The molecule has 1 fully saturated rings. The number of hydrogen-bond acceptors (Lipinski definition) is 3. The van der Waals surface area contributed by atoms with Gasteiger partial charge in [0.1, 0.15) is 5.76 Å². The average Bonchev–Trinajstić information content (AvgIpc) is 2.89. The minimum atomic E-state index is 0.464. The lowest BCUT2D eigenvalue weighted by atomic mass is 9.85. The molecule has 1 aromatic carbocycles. The van der Waals surface area contributed by atoms with Gasteiger partial charge in [-0.3, -0.25) is 4.90 Å². The average molecular weight is 409 g/mol. The Kier molecular flexibility index (Phi) is 8.21. The summed E-state index contributed by atoms with van der Waals surface area (Å²) >= 11 is 0. The zero-order valence-electron chi connectivity index (χ0n) is 19.6. The van der Waals surface area contributed by atoms with Crippen LogP contribution >= 0.6 is 0 Å². The molecule has 0 aromatic heterocycles. The molecule has 0 saturated carbocycles. The van der Waals surface area contributed by atoms with E-state index in [1.807, 2.05) is 7.11 Å². The molecule has 2 heterocycles.